The van der Waals surface area contributed by atoms with Crippen molar-refractivity contribution in [2.75, 3.05) is 23.7 Å². The van der Waals surface area contributed by atoms with E-state index in [0.29, 0.717) is 10.8 Å². The molecule has 3 aromatic carbocycles. The molecule has 0 saturated carbocycles. The van der Waals surface area contributed by atoms with Crippen LogP contribution in [0.15, 0.2) is 59.5 Å². The lowest BCUT2D eigenvalue weighted by molar-refractivity contribution is -0.137. The molecule has 28 heavy (non-hydrogen) atoms. The number of nitrogens with one attached hydrogen (secondary N) is 1. The predicted molar refractivity (Wildman–Crippen MR) is 100 cm³/mol. The number of rotatable bonds is 4. The van der Waals surface area contributed by atoms with E-state index in [1.807, 2.05) is 4.72 Å². The SMILES string of the molecule is CN(C)c1cccc2c(S(=O)(=O)Nc3ccc(F)cc3C(F)(F)F)cccc12. The lowest BCUT2D eigenvalue weighted by Crippen LogP contribution is -2.18. The molecule has 3 rings (SSSR count). The van der Waals surface area contributed by atoms with Gasteiger partial charge in [-0.25, -0.2) is 12.8 Å². The second kappa shape index (κ2) is 6.97. The van der Waals surface area contributed by atoms with Gasteiger partial charge >= 0.3 is 6.18 Å². The zero-order valence-electron chi connectivity index (χ0n) is 14.9. The molecule has 0 saturated heterocycles. The van der Waals surface area contributed by atoms with E-state index in [-0.39, 0.29) is 11.0 Å². The molecular weight excluding hydrogens is 396 g/mol. The Morgan fingerprint density at radius 2 is 1.57 bits per heavy atom. The highest BCUT2D eigenvalue weighted by atomic mass is 32.2. The monoisotopic (exact) mass is 412 g/mol. The maximum Gasteiger partial charge on any atom is 0.418 e. The fraction of sp³-hybridized carbons (Fsp3) is 0.158. The summed E-state index contributed by atoms with van der Waals surface area (Å²) in [7, 11) is -0.781. The predicted octanol–water partition coefficient (Wildman–Crippen LogP) is 4.86. The van der Waals surface area contributed by atoms with Crippen LogP contribution in [0.3, 0.4) is 0 Å². The van der Waals surface area contributed by atoms with Crippen molar-refractivity contribution in [3.8, 4) is 0 Å². The third-order valence-electron chi connectivity index (χ3n) is 4.16. The number of hydrogen-bond acceptors (Lipinski definition) is 3. The Morgan fingerprint density at radius 3 is 2.21 bits per heavy atom. The molecule has 0 aromatic heterocycles. The number of anilines is 2. The van der Waals surface area contributed by atoms with E-state index in [0.717, 1.165) is 17.8 Å². The van der Waals surface area contributed by atoms with Crippen molar-refractivity contribution >= 4 is 32.2 Å². The van der Waals surface area contributed by atoms with Crippen LogP contribution >= 0.6 is 0 Å². The number of benzene rings is 3. The van der Waals surface area contributed by atoms with Gasteiger partial charge in [0.2, 0.25) is 0 Å². The lowest BCUT2D eigenvalue weighted by Gasteiger charge is -2.18. The van der Waals surface area contributed by atoms with Crippen molar-refractivity contribution < 1.29 is 26.0 Å². The number of sulfonamides is 1. The van der Waals surface area contributed by atoms with Gasteiger partial charge in [0, 0.05) is 30.6 Å². The van der Waals surface area contributed by atoms with E-state index in [2.05, 4.69) is 0 Å². The van der Waals surface area contributed by atoms with Gasteiger partial charge in [0.25, 0.3) is 10.0 Å². The smallest absolute Gasteiger partial charge is 0.377 e. The Kier molecular flexibility index (Phi) is 4.97. The molecule has 3 aromatic rings. The molecule has 0 atom stereocenters. The van der Waals surface area contributed by atoms with Crippen molar-refractivity contribution in [1.29, 1.82) is 0 Å². The maximum atomic E-state index is 13.3. The first kappa shape index (κ1) is 19.9. The average Bonchev–Trinajstić information content (AvgIpc) is 2.61. The Hall–Kier alpha value is -2.81. The minimum absolute atomic E-state index is 0.175. The zero-order valence-corrected chi connectivity index (χ0v) is 15.7. The van der Waals surface area contributed by atoms with Crippen LogP contribution in [0.5, 0.6) is 0 Å². The minimum Gasteiger partial charge on any atom is -0.377 e. The molecule has 1 N–H and O–H groups in total. The summed E-state index contributed by atoms with van der Waals surface area (Å²) < 4.78 is 80.6. The lowest BCUT2D eigenvalue weighted by atomic mass is 10.1. The average molecular weight is 412 g/mol. The molecule has 0 aliphatic rings. The van der Waals surface area contributed by atoms with Crippen molar-refractivity contribution in [3.05, 3.63) is 66.0 Å². The number of halogens is 4. The number of hydrogen-bond donors (Lipinski definition) is 1. The minimum atomic E-state index is -4.92. The van der Waals surface area contributed by atoms with E-state index in [4.69, 9.17) is 0 Å². The third-order valence-corrected chi connectivity index (χ3v) is 5.59. The van der Waals surface area contributed by atoms with Crippen LogP contribution in [0.25, 0.3) is 10.8 Å². The molecule has 0 bridgehead atoms. The first-order valence-electron chi connectivity index (χ1n) is 8.09. The van der Waals surface area contributed by atoms with Crippen molar-refractivity contribution in [2.45, 2.75) is 11.1 Å². The molecule has 0 heterocycles. The molecule has 0 aliphatic carbocycles. The van der Waals surface area contributed by atoms with Gasteiger partial charge in [-0.3, -0.25) is 4.72 Å². The van der Waals surface area contributed by atoms with Crippen LogP contribution in [-0.2, 0) is 16.2 Å². The van der Waals surface area contributed by atoms with Gasteiger partial charge < -0.3 is 4.90 Å². The molecule has 148 valence electrons. The molecule has 0 spiro atoms. The largest absolute Gasteiger partial charge is 0.418 e. The van der Waals surface area contributed by atoms with Gasteiger partial charge in [-0.05, 0) is 30.3 Å². The van der Waals surface area contributed by atoms with Crippen LogP contribution in [-0.4, -0.2) is 22.5 Å². The van der Waals surface area contributed by atoms with E-state index in [1.165, 1.54) is 12.1 Å². The fourth-order valence-corrected chi connectivity index (χ4v) is 4.23. The van der Waals surface area contributed by atoms with Gasteiger partial charge in [-0.2, -0.15) is 13.2 Å². The molecule has 0 unspecified atom stereocenters. The standard InChI is InChI=1S/C19H16F4N2O2S/c1-25(2)17-7-3-6-14-13(17)5-4-8-18(14)28(26,27)24-16-10-9-12(20)11-15(16)19(21,22)23/h3-11,24H,1-2H3. The second-order valence-corrected chi connectivity index (χ2v) is 7.97. The number of alkyl halides is 3. The molecule has 0 aliphatic heterocycles. The summed E-state index contributed by atoms with van der Waals surface area (Å²) >= 11 is 0. The summed E-state index contributed by atoms with van der Waals surface area (Å²) in [6.07, 6.45) is -4.92. The first-order valence-corrected chi connectivity index (χ1v) is 9.57. The Balaban J connectivity index is 2.15. The second-order valence-electron chi connectivity index (χ2n) is 6.32. The normalized spacial score (nSPS) is 12.2. The maximum absolute atomic E-state index is 13.3. The third kappa shape index (κ3) is 3.75. The van der Waals surface area contributed by atoms with Crippen LogP contribution < -0.4 is 9.62 Å². The summed E-state index contributed by atoms with van der Waals surface area (Å²) in [6.45, 7) is 0. The van der Waals surface area contributed by atoms with Crippen molar-refractivity contribution in [1.82, 2.24) is 0 Å². The first-order chi connectivity index (χ1) is 13.0. The quantitative estimate of drug-likeness (QED) is 0.623. The highest BCUT2D eigenvalue weighted by molar-refractivity contribution is 7.93. The fourth-order valence-electron chi connectivity index (χ4n) is 2.93. The summed E-state index contributed by atoms with van der Waals surface area (Å²) in [5.74, 6) is -1.11. The molecule has 0 radical (unpaired) electrons. The molecule has 0 amide bonds. The number of fused-ring (bicyclic) bond motifs is 1. The summed E-state index contributed by atoms with van der Waals surface area (Å²) in [5.41, 5.74) is -1.38. The van der Waals surface area contributed by atoms with Crippen LogP contribution in [0.4, 0.5) is 28.9 Å². The Labute approximate surface area is 159 Å². The summed E-state index contributed by atoms with van der Waals surface area (Å²) in [6, 6.07) is 11.4. The van der Waals surface area contributed by atoms with E-state index >= 15 is 0 Å². The van der Waals surface area contributed by atoms with E-state index in [9.17, 15) is 26.0 Å². The Bertz CT molecular complexity index is 1140. The van der Waals surface area contributed by atoms with Crippen LogP contribution in [0, 0.1) is 5.82 Å². The van der Waals surface area contributed by atoms with Gasteiger partial charge in [0.15, 0.2) is 0 Å². The van der Waals surface area contributed by atoms with Gasteiger partial charge in [0.1, 0.15) is 5.82 Å². The number of nitrogens with zero attached hydrogens (tertiary/aromatic N) is 1. The molecule has 0 fully saturated rings. The van der Waals surface area contributed by atoms with E-state index in [1.54, 1.807) is 43.3 Å². The highest BCUT2D eigenvalue weighted by Crippen LogP contribution is 2.37. The zero-order chi connectivity index (χ0) is 20.7. The van der Waals surface area contributed by atoms with Crippen molar-refractivity contribution in [2.24, 2.45) is 0 Å². The molecule has 9 heteroatoms. The summed E-state index contributed by atoms with van der Waals surface area (Å²) in [5, 5.41) is 0.988. The topological polar surface area (TPSA) is 49.4 Å². The molecular formula is C19H16F4N2O2S. The van der Waals surface area contributed by atoms with Gasteiger partial charge in [-0.15, -0.1) is 0 Å². The molecule has 4 nitrogen and oxygen atoms in total. The van der Waals surface area contributed by atoms with E-state index < -0.39 is 33.3 Å². The van der Waals surface area contributed by atoms with Crippen LogP contribution in [0.1, 0.15) is 5.56 Å². The highest BCUT2D eigenvalue weighted by Gasteiger charge is 2.35. The van der Waals surface area contributed by atoms with Crippen molar-refractivity contribution in [3.63, 3.8) is 0 Å². The summed E-state index contributed by atoms with van der Waals surface area (Å²) in [4.78, 5) is 1.62. The van der Waals surface area contributed by atoms with Gasteiger partial charge in [0.05, 0.1) is 16.1 Å². The Morgan fingerprint density at radius 1 is 0.929 bits per heavy atom. The van der Waals surface area contributed by atoms with Gasteiger partial charge in [-0.1, -0.05) is 24.3 Å². The van der Waals surface area contributed by atoms with Crippen LogP contribution in [0.2, 0.25) is 0 Å².